The van der Waals surface area contributed by atoms with Crippen molar-refractivity contribution in [2.24, 2.45) is 15.7 Å². The van der Waals surface area contributed by atoms with Crippen molar-refractivity contribution in [3.05, 3.63) is 149 Å². The second-order valence-corrected chi connectivity index (χ2v) is 23.5. The van der Waals surface area contributed by atoms with Crippen molar-refractivity contribution < 1.29 is 15.3 Å². The van der Waals surface area contributed by atoms with Gasteiger partial charge in [0.25, 0.3) is 0 Å². The number of H-pyrrole nitrogens is 1. The van der Waals surface area contributed by atoms with Gasteiger partial charge in [-0.2, -0.15) is 0 Å². The summed E-state index contributed by atoms with van der Waals surface area (Å²) in [5.41, 5.74) is 23.6. The van der Waals surface area contributed by atoms with E-state index in [4.69, 9.17) is 31.0 Å². The molecular formula is C41H40CoN4Si2. The molecule has 241 valence electrons. The Labute approximate surface area is 294 Å². The molecular weight excluding hydrogens is 664 g/mol. The van der Waals surface area contributed by atoms with E-state index in [2.05, 4.69) is 92.0 Å². The second kappa shape index (κ2) is 14.6. The van der Waals surface area contributed by atoms with E-state index < -0.39 is 16.1 Å². The molecule has 3 N–H and O–H groups in total. The molecule has 0 saturated heterocycles. The summed E-state index contributed by atoms with van der Waals surface area (Å²) < 4.78 is 0.667. The van der Waals surface area contributed by atoms with E-state index in [1.54, 1.807) is 6.08 Å². The molecule has 0 aliphatic carbocycles. The number of nitrogens with two attached hydrogens (primary N) is 1. The number of hydrogen-bond acceptors (Lipinski definition) is 3. The van der Waals surface area contributed by atoms with Crippen LogP contribution < -0.4 is 5.73 Å². The fraction of sp³-hybridized carbons (Fsp3) is 0.146. The van der Waals surface area contributed by atoms with E-state index in [0.717, 1.165) is 62.1 Å². The summed E-state index contributed by atoms with van der Waals surface area (Å²) in [7, 11) is -3.28. The number of aromatic nitrogens is 1. The average molecular weight is 704 g/mol. The van der Waals surface area contributed by atoms with Crippen LogP contribution in [-0.2, 0) is 15.3 Å². The zero-order valence-corrected chi connectivity index (χ0v) is 31.4. The van der Waals surface area contributed by atoms with E-state index in [1.165, 1.54) is 0 Å². The molecule has 0 atom stereocenters. The molecule has 0 fully saturated rings. The van der Waals surface area contributed by atoms with Gasteiger partial charge in [0, 0.05) is 11.3 Å². The van der Waals surface area contributed by atoms with Crippen molar-refractivity contribution in [3.63, 3.8) is 0 Å². The number of allylic oxidation sites excluding steroid dienone is 7. The van der Waals surface area contributed by atoms with Crippen molar-refractivity contribution in [2.45, 2.75) is 39.3 Å². The molecule has 48 heavy (non-hydrogen) atoms. The van der Waals surface area contributed by atoms with Crippen molar-refractivity contribution in [3.8, 4) is 22.9 Å². The number of rotatable bonds is 7. The van der Waals surface area contributed by atoms with Crippen molar-refractivity contribution in [2.75, 3.05) is 0 Å². The molecule has 0 unspecified atom stereocenters. The normalized spacial score (nSPS) is 16.6. The van der Waals surface area contributed by atoms with Gasteiger partial charge in [-0.1, -0.05) is 56.6 Å². The van der Waals surface area contributed by atoms with Crippen LogP contribution in [0.5, 0.6) is 0 Å². The average Bonchev–Trinajstić information content (AvgIpc) is 3.84. The van der Waals surface area contributed by atoms with Gasteiger partial charge < -0.3 is 5.73 Å². The molecule has 0 radical (unpaired) electrons. The third-order valence-electron chi connectivity index (χ3n) is 7.22. The molecule has 3 aromatic rings. The first-order valence-electron chi connectivity index (χ1n) is 15.9. The number of benzene rings is 2. The van der Waals surface area contributed by atoms with Gasteiger partial charge in [0.05, 0.1) is 0 Å². The summed E-state index contributed by atoms with van der Waals surface area (Å²) in [5.74, 6) is 6.75. The minimum atomic E-state index is -1.72. The van der Waals surface area contributed by atoms with E-state index in [9.17, 15) is 0 Å². The molecule has 4 nitrogen and oxygen atoms in total. The molecule has 0 amide bonds. The van der Waals surface area contributed by atoms with Gasteiger partial charge in [0.15, 0.2) is 0 Å². The molecule has 2 aliphatic heterocycles. The first kappa shape index (κ1) is 34.6. The first-order chi connectivity index (χ1) is 22.8. The van der Waals surface area contributed by atoms with Crippen LogP contribution in [-0.4, -0.2) is 37.0 Å². The Morgan fingerprint density at radius 1 is 0.708 bits per heavy atom. The van der Waals surface area contributed by atoms with Crippen LogP contribution in [0.2, 0.25) is 39.3 Å². The third-order valence-corrected chi connectivity index (χ3v) is 9.37. The minimum absolute atomic E-state index is 0.592. The number of aliphatic imine (C=N–C) groups is 2. The fourth-order valence-corrected chi connectivity index (χ4v) is 6.30. The van der Waals surface area contributed by atoms with Crippen LogP contribution in [0.25, 0.3) is 16.7 Å². The zero-order chi connectivity index (χ0) is 34.5. The number of nitrogens with one attached hydrogen (secondary N) is 1. The van der Waals surface area contributed by atoms with E-state index >= 15 is 0 Å². The molecule has 0 saturated carbocycles. The van der Waals surface area contributed by atoms with Crippen LogP contribution >= 0.6 is 0 Å². The van der Waals surface area contributed by atoms with Gasteiger partial charge in [-0.25, -0.2) is 0 Å². The van der Waals surface area contributed by atoms with Crippen LogP contribution in [0, 0.1) is 22.9 Å². The van der Waals surface area contributed by atoms with Crippen LogP contribution in [0.15, 0.2) is 137 Å². The standard InChI is InChI=1S/C41H40N4Si2.Co/c1-8-34(42)40(30-16-11-9-12-17-30)37-25-23-35(44-37)33(27-29-47(5,6)7)36-24-26-39(45-36)41(31-18-13-10-14-19-31)38-22-21-32(43-38)20-15-28-46(2,3)4;/h8-14,16-19,21-26,44H,1,42H2,2-7H3;/b36-33-,40-34-,41-38-;. The van der Waals surface area contributed by atoms with Crippen molar-refractivity contribution in [1.29, 1.82) is 0 Å². The SMILES string of the molecule is C=C/C(N)=C(\c1ccccc1)c1ccc(/C(C#C[Si](C)(C)C)=C2/C=CC(C(=C3/C=CC([C](=[Co])C#C[Si](C)(C)C)=N3)/c3ccccc3)=N2)[nH]1. The van der Waals surface area contributed by atoms with Crippen molar-refractivity contribution >= 4 is 48.7 Å². The number of hydrogen-bond donors (Lipinski definition) is 2. The van der Waals surface area contributed by atoms with Gasteiger partial charge in [-0.15, -0.1) is 0 Å². The zero-order valence-electron chi connectivity index (χ0n) is 28.3. The molecule has 7 heteroatoms. The van der Waals surface area contributed by atoms with E-state index in [1.807, 2.05) is 78.9 Å². The monoisotopic (exact) mass is 703 g/mol. The molecule has 3 heterocycles. The van der Waals surface area contributed by atoms with Gasteiger partial charge in [-0.3, -0.25) is 0 Å². The Morgan fingerprint density at radius 3 is 1.88 bits per heavy atom. The molecule has 1 aromatic heterocycles. The van der Waals surface area contributed by atoms with Crippen LogP contribution in [0.1, 0.15) is 22.5 Å². The Morgan fingerprint density at radius 2 is 1.25 bits per heavy atom. The summed E-state index contributed by atoms with van der Waals surface area (Å²) in [6.45, 7) is 17.3. The van der Waals surface area contributed by atoms with Gasteiger partial charge >= 0.3 is 211 Å². The summed E-state index contributed by atoms with van der Waals surface area (Å²) in [4.78, 5) is 13.8. The van der Waals surface area contributed by atoms with Crippen LogP contribution in [0.3, 0.4) is 0 Å². The summed E-state index contributed by atoms with van der Waals surface area (Å²) >= 11 is 4.77. The quantitative estimate of drug-likeness (QED) is 0.145. The molecule has 2 aliphatic rings. The Kier molecular flexibility index (Phi) is 10.5. The van der Waals surface area contributed by atoms with Crippen LogP contribution in [0.4, 0.5) is 0 Å². The maximum atomic E-state index is 6.48. The summed E-state index contributed by atoms with van der Waals surface area (Å²) in [5, 5.41) is 0. The predicted molar refractivity (Wildman–Crippen MR) is 208 cm³/mol. The van der Waals surface area contributed by atoms with Gasteiger partial charge in [-0.05, 0) is 11.6 Å². The molecule has 5 rings (SSSR count). The van der Waals surface area contributed by atoms with Gasteiger partial charge in [0.2, 0.25) is 0 Å². The van der Waals surface area contributed by atoms with E-state index in [-0.39, 0.29) is 0 Å². The number of nitrogens with zero attached hydrogens (tertiary/aromatic N) is 2. The van der Waals surface area contributed by atoms with E-state index in [0.29, 0.717) is 10.2 Å². The summed E-state index contributed by atoms with van der Waals surface area (Å²) in [6.07, 6.45) is 9.77. The molecule has 0 bridgehead atoms. The Balaban J connectivity index is 1.64. The maximum absolute atomic E-state index is 6.48. The van der Waals surface area contributed by atoms with Crippen molar-refractivity contribution in [1.82, 2.24) is 4.98 Å². The topological polar surface area (TPSA) is 66.5 Å². The number of aromatic amines is 1. The first-order valence-corrected chi connectivity index (χ1v) is 23.4. The second-order valence-electron chi connectivity index (χ2n) is 13.5. The third kappa shape index (κ3) is 8.57. The predicted octanol–water partition coefficient (Wildman–Crippen LogP) is 8.54. The Hall–Kier alpha value is -4.77. The molecule has 0 spiro atoms. The van der Waals surface area contributed by atoms with Gasteiger partial charge in [0.1, 0.15) is 0 Å². The molecule has 2 aromatic carbocycles. The summed E-state index contributed by atoms with van der Waals surface area (Å²) in [6, 6.07) is 24.4. The fourth-order valence-electron chi connectivity index (χ4n) is 4.98. The Bertz CT molecular complexity index is 2120.